The number of hydrogen-bond donors (Lipinski definition) is 2. The maximum absolute atomic E-state index is 12.5. The van der Waals surface area contributed by atoms with Crippen molar-refractivity contribution in [1.29, 1.82) is 5.26 Å². The van der Waals surface area contributed by atoms with Crippen LogP contribution in [0.2, 0.25) is 5.02 Å². The summed E-state index contributed by atoms with van der Waals surface area (Å²) in [6, 6.07) is 19.2. The largest absolute Gasteiger partial charge is 0.493 e. The summed E-state index contributed by atoms with van der Waals surface area (Å²) in [5.74, 6) is -0.305. The lowest BCUT2D eigenvalue weighted by Crippen LogP contribution is -2.20. The Morgan fingerprint density at radius 2 is 1.83 bits per heavy atom. The number of nitrogens with one attached hydrogen (secondary N) is 2. The highest BCUT2D eigenvalue weighted by Gasteiger charge is 2.15. The Hall–Kier alpha value is -3.80. The number of carbonyl (C=O) groups is 2. The Bertz CT molecular complexity index is 1320. The SMILES string of the molecule is COc1cc(/C=C(\C#N)C(=O)Nc2ccccc2)cc(Br)c1OCC(=O)Nc1ccc(C)c(Cl)c1. The van der Waals surface area contributed by atoms with Gasteiger partial charge in [0.25, 0.3) is 11.8 Å². The van der Waals surface area contributed by atoms with Crippen molar-refractivity contribution < 1.29 is 19.1 Å². The molecule has 0 heterocycles. The van der Waals surface area contributed by atoms with E-state index in [1.54, 1.807) is 54.6 Å². The van der Waals surface area contributed by atoms with E-state index in [4.69, 9.17) is 21.1 Å². The van der Waals surface area contributed by atoms with Crippen LogP contribution in [0.15, 0.2) is 70.7 Å². The molecule has 0 saturated heterocycles. The van der Waals surface area contributed by atoms with Crippen LogP contribution >= 0.6 is 27.5 Å². The fourth-order valence-electron chi connectivity index (χ4n) is 3.00. The number of hydrogen-bond acceptors (Lipinski definition) is 5. The molecule has 0 radical (unpaired) electrons. The molecule has 2 N–H and O–H groups in total. The Morgan fingerprint density at radius 1 is 1.09 bits per heavy atom. The Kier molecular flexibility index (Phi) is 8.90. The molecule has 35 heavy (non-hydrogen) atoms. The number of benzene rings is 3. The van der Waals surface area contributed by atoms with E-state index in [1.165, 1.54) is 13.2 Å². The van der Waals surface area contributed by atoms with Crippen LogP contribution in [0.3, 0.4) is 0 Å². The fraction of sp³-hybridized carbons (Fsp3) is 0.115. The van der Waals surface area contributed by atoms with Crippen molar-refractivity contribution in [2.75, 3.05) is 24.4 Å². The van der Waals surface area contributed by atoms with Crippen LogP contribution in [0.5, 0.6) is 11.5 Å². The van der Waals surface area contributed by atoms with Crippen LogP contribution < -0.4 is 20.1 Å². The van der Waals surface area contributed by atoms with E-state index in [0.29, 0.717) is 37.9 Å². The highest BCUT2D eigenvalue weighted by molar-refractivity contribution is 9.10. The van der Waals surface area contributed by atoms with Crippen molar-refractivity contribution in [3.63, 3.8) is 0 Å². The average Bonchev–Trinajstić information content (AvgIpc) is 2.84. The number of ether oxygens (including phenoxy) is 2. The molecule has 0 unspecified atom stereocenters. The van der Waals surface area contributed by atoms with Crippen LogP contribution in [0.25, 0.3) is 6.08 Å². The van der Waals surface area contributed by atoms with E-state index in [9.17, 15) is 14.9 Å². The molecule has 7 nitrogen and oxygen atoms in total. The molecular weight excluding hydrogens is 534 g/mol. The summed E-state index contributed by atoms with van der Waals surface area (Å²) in [5, 5.41) is 15.4. The van der Waals surface area contributed by atoms with Crippen LogP contribution in [0, 0.1) is 18.3 Å². The van der Waals surface area contributed by atoms with Gasteiger partial charge in [0.2, 0.25) is 0 Å². The lowest BCUT2D eigenvalue weighted by atomic mass is 10.1. The van der Waals surface area contributed by atoms with Gasteiger partial charge in [0.1, 0.15) is 11.6 Å². The number of nitriles is 1. The molecule has 3 aromatic carbocycles. The van der Waals surface area contributed by atoms with Crippen molar-refractivity contribution >= 4 is 56.8 Å². The van der Waals surface area contributed by atoms with E-state index in [0.717, 1.165) is 5.56 Å². The maximum Gasteiger partial charge on any atom is 0.266 e. The smallest absolute Gasteiger partial charge is 0.266 e. The van der Waals surface area contributed by atoms with Crippen LogP contribution in [-0.2, 0) is 9.59 Å². The van der Waals surface area contributed by atoms with Crippen molar-refractivity contribution in [2.45, 2.75) is 6.92 Å². The van der Waals surface area contributed by atoms with Crippen molar-refractivity contribution in [3.8, 4) is 17.6 Å². The molecule has 0 atom stereocenters. The summed E-state index contributed by atoms with van der Waals surface area (Å²) in [5.41, 5.74) is 2.47. The minimum atomic E-state index is -0.540. The minimum Gasteiger partial charge on any atom is -0.493 e. The monoisotopic (exact) mass is 553 g/mol. The van der Waals surface area contributed by atoms with E-state index >= 15 is 0 Å². The third-order valence-corrected chi connectivity index (χ3v) is 5.76. The van der Waals surface area contributed by atoms with Crippen molar-refractivity contribution in [1.82, 2.24) is 0 Å². The molecule has 0 saturated carbocycles. The van der Waals surface area contributed by atoms with Gasteiger partial charge in [-0.3, -0.25) is 9.59 Å². The first-order valence-electron chi connectivity index (χ1n) is 10.3. The summed E-state index contributed by atoms with van der Waals surface area (Å²) in [6.07, 6.45) is 1.43. The number of halogens is 2. The van der Waals surface area contributed by atoms with Crippen LogP contribution in [0.1, 0.15) is 11.1 Å². The summed E-state index contributed by atoms with van der Waals surface area (Å²) < 4.78 is 11.6. The normalized spacial score (nSPS) is 10.8. The molecule has 0 spiro atoms. The molecule has 0 aliphatic heterocycles. The molecule has 178 valence electrons. The number of carbonyl (C=O) groups excluding carboxylic acids is 2. The summed E-state index contributed by atoms with van der Waals surface area (Å²) >= 11 is 9.51. The van der Waals surface area contributed by atoms with Gasteiger partial charge in [-0.1, -0.05) is 35.9 Å². The Morgan fingerprint density at radius 3 is 2.49 bits per heavy atom. The van der Waals surface area contributed by atoms with Gasteiger partial charge in [0.05, 0.1) is 11.6 Å². The highest BCUT2D eigenvalue weighted by atomic mass is 79.9. The zero-order chi connectivity index (χ0) is 25.4. The molecule has 0 bridgehead atoms. The summed E-state index contributed by atoms with van der Waals surface area (Å²) in [6.45, 7) is 1.59. The number of rotatable bonds is 8. The van der Waals surface area contributed by atoms with Gasteiger partial charge in [-0.25, -0.2) is 0 Å². The molecule has 0 aliphatic rings. The molecule has 2 amide bonds. The predicted octanol–water partition coefficient (Wildman–Crippen LogP) is 5.98. The second-order valence-corrected chi connectivity index (χ2v) is 8.59. The summed E-state index contributed by atoms with van der Waals surface area (Å²) in [4.78, 5) is 24.8. The number of amides is 2. The number of anilines is 2. The molecule has 0 aliphatic carbocycles. The molecule has 3 rings (SSSR count). The van der Waals surface area contributed by atoms with Gasteiger partial charge in [0.15, 0.2) is 18.1 Å². The first-order chi connectivity index (χ1) is 16.8. The Balaban J connectivity index is 1.73. The standard InChI is InChI=1S/C26H21BrClN3O4/c1-16-8-9-20(13-22(16)28)30-24(32)15-35-25-21(27)11-17(12-23(25)34-2)10-18(14-29)26(33)31-19-6-4-3-5-7-19/h3-13H,15H2,1-2H3,(H,30,32)(H,31,33)/b18-10+. The zero-order valence-corrected chi connectivity index (χ0v) is 21.2. The molecule has 9 heteroatoms. The number of aryl methyl sites for hydroxylation is 1. The van der Waals surface area contributed by atoms with E-state index in [1.807, 2.05) is 19.1 Å². The predicted molar refractivity (Wildman–Crippen MR) is 140 cm³/mol. The lowest BCUT2D eigenvalue weighted by molar-refractivity contribution is -0.118. The third kappa shape index (κ3) is 7.09. The molecule has 0 fully saturated rings. The van der Waals surface area contributed by atoms with Crippen LogP contribution in [0.4, 0.5) is 11.4 Å². The number of nitrogens with zero attached hydrogens (tertiary/aromatic N) is 1. The fourth-order valence-corrected chi connectivity index (χ4v) is 3.76. The number of methoxy groups -OCH3 is 1. The van der Waals surface area contributed by atoms with Gasteiger partial charge < -0.3 is 20.1 Å². The zero-order valence-electron chi connectivity index (χ0n) is 18.9. The van der Waals surface area contributed by atoms with Gasteiger partial charge in [0, 0.05) is 16.4 Å². The third-order valence-electron chi connectivity index (χ3n) is 4.76. The Labute approximate surface area is 216 Å². The van der Waals surface area contributed by atoms with E-state index in [-0.39, 0.29) is 18.1 Å². The lowest BCUT2D eigenvalue weighted by Gasteiger charge is -2.14. The highest BCUT2D eigenvalue weighted by Crippen LogP contribution is 2.37. The maximum atomic E-state index is 12.5. The summed E-state index contributed by atoms with van der Waals surface area (Å²) in [7, 11) is 1.45. The van der Waals surface area contributed by atoms with Crippen LogP contribution in [-0.4, -0.2) is 25.5 Å². The molecule has 3 aromatic rings. The molecular formula is C26H21BrClN3O4. The van der Waals surface area contributed by atoms with Gasteiger partial charge in [-0.2, -0.15) is 5.26 Å². The van der Waals surface area contributed by atoms with Gasteiger partial charge in [-0.05, 0) is 76.5 Å². The van der Waals surface area contributed by atoms with E-state index in [2.05, 4.69) is 26.6 Å². The topological polar surface area (TPSA) is 100 Å². The van der Waals surface area contributed by atoms with Crippen molar-refractivity contribution in [2.24, 2.45) is 0 Å². The second kappa shape index (κ2) is 12.1. The van der Waals surface area contributed by atoms with Gasteiger partial charge in [-0.15, -0.1) is 0 Å². The number of para-hydroxylation sites is 1. The second-order valence-electron chi connectivity index (χ2n) is 7.32. The quantitative estimate of drug-likeness (QED) is 0.263. The van der Waals surface area contributed by atoms with E-state index < -0.39 is 5.91 Å². The molecule has 0 aromatic heterocycles. The average molecular weight is 555 g/mol. The van der Waals surface area contributed by atoms with Crippen molar-refractivity contribution in [3.05, 3.63) is 86.9 Å². The van der Waals surface area contributed by atoms with Gasteiger partial charge >= 0.3 is 0 Å². The first kappa shape index (κ1) is 25.8. The minimum absolute atomic E-state index is 0.0902. The first-order valence-corrected chi connectivity index (χ1v) is 11.5.